The van der Waals surface area contributed by atoms with Crippen LogP contribution in [0.4, 0.5) is 5.69 Å². The van der Waals surface area contributed by atoms with Crippen LogP contribution in [0.15, 0.2) is 79.0 Å². The Morgan fingerprint density at radius 3 is 2.38 bits per heavy atom. The van der Waals surface area contributed by atoms with Crippen molar-refractivity contribution < 1.29 is 19.1 Å². The number of anilines is 1. The highest BCUT2D eigenvalue weighted by Gasteiger charge is 2.15. The summed E-state index contributed by atoms with van der Waals surface area (Å²) in [5.41, 5.74) is 7.31. The van der Waals surface area contributed by atoms with Gasteiger partial charge in [0.1, 0.15) is 17.2 Å². The van der Waals surface area contributed by atoms with Crippen LogP contribution in [0.3, 0.4) is 0 Å². The van der Waals surface area contributed by atoms with E-state index >= 15 is 0 Å². The Kier molecular flexibility index (Phi) is 6.56. The Morgan fingerprint density at radius 1 is 0.865 bits per heavy atom. The van der Waals surface area contributed by atoms with E-state index in [1.165, 1.54) is 7.11 Å². The van der Waals surface area contributed by atoms with E-state index in [1.54, 1.807) is 60.8 Å². The van der Waals surface area contributed by atoms with Gasteiger partial charge in [0, 0.05) is 38.9 Å². The number of fused-ring (bicyclic) bond motifs is 2. The molecule has 0 aliphatic heterocycles. The summed E-state index contributed by atoms with van der Waals surface area (Å²) in [6.07, 6.45) is 1.60. The highest BCUT2D eigenvalue weighted by Crippen LogP contribution is 2.34. The van der Waals surface area contributed by atoms with E-state index < -0.39 is 5.91 Å². The number of nitrogens with one attached hydrogen (secondary N) is 1. The summed E-state index contributed by atoms with van der Waals surface area (Å²) in [4.78, 5) is 29.3. The van der Waals surface area contributed by atoms with Gasteiger partial charge in [-0.15, -0.1) is 0 Å². The van der Waals surface area contributed by atoms with Crippen LogP contribution in [0.25, 0.3) is 21.7 Å². The molecule has 7 nitrogen and oxygen atoms in total. The molecule has 0 radical (unpaired) electrons. The first-order valence-corrected chi connectivity index (χ1v) is 11.8. The molecule has 2 amide bonds. The molecule has 0 fully saturated rings. The zero-order chi connectivity index (χ0) is 26.1. The second-order valence-electron chi connectivity index (χ2n) is 8.15. The first kappa shape index (κ1) is 24.4. The Labute approximate surface area is 221 Å². The average molecular weight is 532 g/mol. The van der Waals surface area contributed by atoms with E-state index in [9.17, 15) is 9.59 Å². The Morgan fingerprint density at radius 2 is 1.65 bits per heavy atom. The average Bonchev–Trinajstić information content (AvgIpc) is 2.87. The van der Waals surface area contributed by atoms with Crippen LogP contribution >= 0.6 is 23.2 Å². The predicted octanol–water partition coefficient (Wildman–Crippen LogP) is 6.85. The number of rotatable bonds is 6. The fraction of sp³-hybridized carbons (Fsp3) is 0.0357. The molecule has 0 unspecified atom stereocenters. The topological polar surface area (TPSA) is 104 Å². The minimum atomic E-state index is -0.620. The SMILES string of the molecule is COc1cc2nccc(Oc3ccc4c(C(=O)Nc5cc(Cl)cc(Cl)c5)cccc4c3)c2cc1C(N)=O. The van der Waals surface area contributed by atoms with Gasteiger partial charge >= 0.3 is 0 Å². The quantitative estimate of drug-likeness (QED) is 0.249. The smallest absolute Gasteiger partial charge is 0.256 e. The minimum absolute atomic E-state index is 0.225. The van der Waals surface area contributed by atoms with Crippen molar-refractivity contribution in [3.63, 3.8) is 0 Å². The molecule has 0 saturated heterocycles. The molecule has 4 aromatic carbocycles. The molecule has 0 spiro atoms. The van der Waals surface area contributed by atoms with Crippen LogP contribution in [0, 0.1) is 0 Å². The van der Waals surface area contributed by atoms with Gasteiger partial charge < -0.3 is 20.5 Å². The van der Waals surface area contributed by atoms with Crippen molar-refractivity contribution in [2.24, 2.45) is 5.73 Å². The summed E-state index contributed by atoms with van der Waals surface area (Å²) < 4.78 is 11.4. The predicted molar refractivity (Wildman–Crippen MR) is 145 cm³/mol. The number of halogens is 2. The number of benzene rings is 4. The monoisotopic (exact) mass is 531 g/mol. The van der Waals surface area contributed by atoms with Gasteiger partial charge in [0.05, 0.1) is 18.2 Å². The summed E-state index contributed by atoms with van der Waals surface area (Å²) in [6.45, 7) is 0. The summed E-state index contributed by atoms with van der Waals surface area (Å²) in [5.74, 6) is 0.439. The molecule has 184 valence electrons. The first-order valence-electron chi connectivity index (χ1n) is 11.1. The second kappa shape index (κ2) is 9.97. The molecule has 0 atom stereocenters. The normalized spacial score (nSPS) is 10.9. The second-order valence-corrected chi connectivity index (χ2v) is 9.02. The van der Waals surface area contributed by atoms with Crippen LogP contribution in [-0.2, 0) is 0 Å². The fourth-order valence-electron chi connectivity index (χ4n) is 4.07. The largest absolute Gasteiger partial charge is 0.496 e. The zero-order valence-electron chi connectivity index (χ0n) is 19.4. The van der Waals surface area contributed by atoms with Crippen LogP contribution < -0.4 is 20.5 Å². The number of carbonyl (C=O) groups excluding carboxylic acids is 2. The van der Waals surface area contributed by atoms with Gasteiger partial charge in [-0.05, 0) is 65.4 Å². The number of hydrogen-bond donors (Lipinski definition) is 2. The number of aromatic nitrogens is 1. The number of hydrogen-bond acceptors (Lipinski definition) is 5. The number of carbonyl (C=O) groups is 2. The molecular weight excluding hydrogens is 513 g/mol. The van der Waals surface area contributed by atoms with Crippen molar-refractivity contribution in [3.8, 4) is 17.2 Å². The number of pyridine rings is 1. The Balaban J connectivity index is 1.48. The molecule has 3 N–H and O–H groups in total. The lowest BCUT2D eigenvalue weighted by Crippen LogP contribution is -2.12. The van der Waals surface area contributed by atoms with Crippen LogP contribution in [0.5, 0.6) is 17.2 Å². The van der Waals surface area contributed by atoms with E-state index in [1.807, 2.05) is 18.2 Å². The lowest BCUT2D eigenvalue weighted by Gasteiger charge is -2.13. The van der Waals surface area contributed by atoms with E-state index in [0.29, 0.717) is 49.4 Å². The summed E-state index contributed by atoms with van der Waals surface area (Å²) >= 11 is 12.1. The van der Waals surface area contributed by atoms with Gasteiger partial charge in [-0.3, -0.25) is 14.6 Å². The van der Waals surface area contributed by atoms with E-state index in [4.69, 9.17) is 38.4 Å². The summed E-state index contributed by atoms with van der Waals surface area (Å²) in [5, 5.41) is 5.82. The maximum absolute atomic E-state index is 13.0. The van der Waals surface area contributed by atoms with Gasteiger partial charge in [-0.2, -0.15) is 0 Å². The van der Waals surface area contributed by atoms with Crippen molar-refractivity contribution in [1.82, 2.24) is 4.98 Å². The Bertz CT molecular complexity index is 1680. The molecule has 5 aromatic rings. The number of methoxy groups -OCH3 is 1. The maximum atomic E-state index is 13.0. The third-order valence-electron chi connectivity index (χ3n) is 5.73. The first-order chi connectivity index (χ1) is 17.8. The van der Waals surface area contributed by atoms with E-state index in [0.717, 1.165) is 10.8 Å². The van der Waals surface area contributed by atoms with Crippen molar-refractivity contribution in [2.75, 3.05) is 12.4 Å². The molecular formula is C28H19Cl2N3O4. The molecule has 0 aliphatic carbocycles. The molecule has 1 heterocycles. The van der Waals surface area contributed by atoms with Crippen molar-refractivity contribution in [1.29, 1.82) is 0 Å². The van der Waals surface area contributed by atoms with Gasteiger partial charge in [0.25, 0.3) is 11.8 Å². The number of primary amides is 1. The highest BCUT2D eigenvalue weighted by molar-refractivity contribution is 6.35. The maximum Gasteiger partial charge on any atom is 0.256 e. The number of nitrogens with zero attached hydrogens (tertiary/aromatic N) is 1. The van der Waals surface area contributed by atoms with Gasteiger partial charge in [0.15, 0.2) is 0 Å². The lowest BCUT2D eigenvalue weighted by atomic mass is 10.0. The molecule has 37 heavy (non-hydrogen) atoms. The van der Waals surface area contributed by atoms with Gasteiger partial charge in [-0.25, -0.2) is 0 Å². The van der Waals surface area contributed by atoms with E-state index in [2.05, 4.69) is 10.3 Å². The molecule has 9 heteroatoms. The molecule has 0 bridgehead atoms. The Hall–Kier alpha value is -4.33. The summed E-state index contributed by atoms with van der Waals surface area (Å²) in [6, 6.07) is 20.6. The van der Waals surface area contributed by atoms with Crippen LogP contribution in [0.2, 0.25) is 10.0 Å². The van der Waals surface area contributed by atoms with Crippen molar-refractivity contribution in [2.45, 2.75) is 0 Å². The van der Waals surface area contributed by atoms with Crippen molar-refractivity contribution in [3.05, 3.63) is 100 Å². The standard InChI is InChI=1S/C28H19Cl2N3O4/c1-36-26-14-24-22(13-23(26)27(31)34)25(7-8-32-24)37-19-5-6-20-15(9-19)3-2-4-21(20)28(35)33-18-11-16(29)10-17(30)12-18/h2-14H,1H3,(H2,31,34)(H,33,35). The molecule has 5 rings (SSSR count). The third-order valence-corrected chi connectivity index (χ3v) is 6.17. The van der Waals surface area contributed by atoms with E-state index in [-0.39, 0.29) is 11.5 Å². The molecule has 1 aromatic heterocycles. The minimum Gasteiger partial charge on any atom is -0.496 e. The molecule has 0 saturated carbocycles. The number of ether oxygens (including phenoxy) is 2. The highest BCUT2D eigenvalue weighted by atomic mass is 35.5. The fourth-order valence-corrected chi connectivity index (χ4v) is 4.60. The van der Waals surface area contributed by atoms with Gasteiger partial charge in [0.2, 0.25) is 0 Å². The number of nitrogens with two attached hydrogens (primary N) is 1. The van der Waals surface area contributed by atoms with Crippen molar-refractivity contribution >= 4 is 62.4 Å². The van der Waals surface area contributed by atoms with Crippen LogP contribution in [0.1, 0.15) is 20.7 Å². The third kappa shape index (κ3) is 5.00. The summed E-state index contributed by atoms with van der Waals surface area (Å²) in [7, 11) is 1.46. The van der Waals surface area contributed by atoms with Crippen LogP contribution in [-0.4, -0.2) is 23.9 Å². The zero-order valence-corrected chi connectivity index (χ0v) is 20.9. The molecule has 0 aliphatic rings. The number of amides is 2. The lowest BCUT2D eigenvalue weighted by molar-refractivity contribution is 0.0995. The van der Waals surface area contributed by atoms with Gasteiger partial charge in [-0.1, -0.05) is 35.3 Å².